The van der Waals surface area contributed by atoms with Crippen LogP contribution in [-0.2, 0) is 22.6 Å². The number of fused-ring (bicyclic) bond motifs is 1. The van der Waals surface area contributed by atoms with E-state index in [1.165, 1.54) is 22.9 Å². The Morgan fingerprint density at radius 1 is 1.14 bits per heavy atom. The summed E-state index contributed by atoms with van der Waals surface area (Å²) in [5.41, 5.74) is 3.84. The first-order chi connectivity index (χ1) is 14.2. The summed E-state index contributed by atoms with van der Waals surface area (Å²) < 4.78 is 7.07. The van der Waals surface area contributed by atoms with Crippen LogP contribution in [-0.4, -0.2) is 48.7 Å². The normalized spacial score (nSPS) is 17.1. The number of nitrogens with zero attached hydrogens (tertiary/aromatic N) is 2. The molecular weight excluding hydrogens is 362 g/mol. The van der Waals surface area contributed by atoms with Crippen molar-refractivity contribution < 1.29 is 9.53 Å². The Bertz CT molecular complexity index is 951. The van der Waals surface area contributed by atoms with Gasteiger partial charge in [0.05, 0.1) is 6.61 Å². The fourth-order valence-electron chi connectivity index (χ4n) is 4.30. The van der Waals surface area contributed by atoms with Gasteiger partial charge in [0.2, 0.25) is 5.91 Å². The van der Waals surface area contributed by atoms with Crippen LogP contribution < -0.4 is 5.32 Å². The van der Waals surface area contributed by atoms with E-state index < -0.39 is 0 Å². The van der Waals surface area contributed by atoms with Gasteiger partial charge in [-0.05, 0) is 36.1 Å². The van der Waals surface area contributed by atoms with Crippen LogP contribution >= 0.6 is 0 Å². The van der Waals surface area contributed by atoms with Crippen LogP contribution in [0.15, 0.2) is 60.8 Å². The number of para-hydroxylation sites is 1. The Balaban J connectivity index is 1.46. The van der Waals surface area contributed by atoms with E-state index in [0.717, 1.165) is 25.2 Å². The number of likely N-dealkylation sites (tertiary alicyclic amines) is 1. The monoisotopic (exact) mass is 391 g/mol. The molecule has 1 aliphatic rings. The van der Waals surface area contributed by atoms with E-state index >= 15 is 0 Å². The number of aromatic nitrogens is 1. The van der Waals surface area contributed by atoms with Crippen molar-refractivity contribution in [2.75, 3.05) is 33.4 Å². The minimum absolute atomic E-state index is 0.0136. The van der Waals surface area contributed by atoms with E-state index in [2.05, 4.69) is 69.5 Å². The summed E-state index contributed by atoms with van der Waals surface area (Å²) in [4.78, 5) is 14.8. The first-order valence-corrected chi connectivity index (χ1v) is 10.3. The maximum Gasteiger partial charge on any atom is 0.240 e. The highest BCUT2D eigenvalue weighted by atomic mass is 16.5. The lowest BCUT2D eigenvalue weighted by molar-refractivity contribution is -0.121. The summed E-state index contributed by atoms with van der Waals surface area (Å²) >= 11 is 0. The lowest BCUT2D eigenvalue weighted by Crippen LogP contribution is -2.30. The third kappa shape index (κ3) is 4.69. The summed E-state index contributed by atoms with van der Waals surface area (Å²) in [7, 11) is 1.64. The molecule has 5 nitrogen and oxygen atoms in total. The molecule has 0 unspecified atom stereocenters. The molecule has 1 amide bonds. The molecule has 0 bridgehead atoms. The van der Waals surface area contributed by atoms with E-state index in [9.17, 15) is 4.79 Å². The second-order valence-electron chi connectivity index (χ2n) is 7.77. The molecule has 1 atom stereocenters. The molecule has 1 fully saturated rings. The second kappa shape index (κ2) is 9.25. The molecule has 2 aromatic carbocycles. The van der Waals surface area contributed by atoms with Gasteiger partial charge < -0.3 is 14.6 Å². The van der Waals surface area contributed by atoms with E-state index in [-0.39, 0.29) is 5.91 Å². The molecule has 1 aromatic heterocycles. The Hall–Kier alpha value is -2.63. The Kier molecular flexibility index (Phi) is 6.27. The first-order valence-electron chi connectivity index (χ1n) is 10.3. The van der Waals surface area contributed by atoms with E-state index in [1.807, 2.05) is 6.07 Å². The van der Waals surface area contributed by atoms with Crippen LogP contribution in [0.5, 0.6) is 0 Å². The number of hydrogen-bond acceptors (Lipinski definition) is 3. The third-order valence-corrected chi connectivity index (χ3v) is 5.75. The lowest BCUT2D eigenvalue weighted by Gasteiger charge is -2.16. The number of methoxy groups -OCH3 is 1. The smallest absolute Gasteiger partial charge is 0.240 e. The molecule has 0 aliphatic carbocycles. The van der Waals surface area contributed by atoms with Gasteiger partial charge in [-0.25, -0.2) is 0 Å². The molecule has 29 heavy (non-hydrogen) atoms. The maximum absolute atomic E-state index is 12.3. The summed E-state index contributed by atoms with van der Waals surface area (Å²) in [6.07, 6.45) is 3.35. The molecule has 0 spiro atoms. The minimum Gasteiger partial charge on any atom is -0.383 e. The summed E-state index contributed by atoms with van der Waals surface area (Å²) in [6.45, 7) is 4.51. The Labute approximate surface area is 172 Å². The van der Waals surface area contributed by atoms with Gasteiger partial charge in [-0.2, -0.15) is 0 Å². The number of carbonyl (C=O) groups is 1. The zero-order valence-corrected chi connectivity index (χ0v) is 17.0. The highest BCUT2D eigenvalue weighted by Gasteiger charge is 2.24. The van der Waals surface area contributed by atoms with Crippen LogP contribution in [0.1, 0.15) is 23.5 Å². The zero-order valence-electron chi connectivity index (χ0n) is 17.0. The number of amides is 1. The van der Waals surface area contributed by atoms with Gasteiger partial charge in [-0.3, -0.25) is 9.69 Å². The van der Waals surface area contributed by atoms with Crippen LogP contribution in [0.4, 0.5) is 0 Å². The Morgan fingerprint density at radius 2 is 1.93 bits per heavy atom. The standard InChI is InChI=1S/C24H29N3O2/c1-29-14-12-25-24(28)18-27-17-21(22-9-5-6-10-23(22)27)16-26-13-11-20(15-26)19-7-3-2-4-8-19/h2-10,17,20H,11-16,18H2,1H3,(H,25,28)/t20-/m0/s1. The van der Waals surface area contributed by atoms with Crippen molar-refractivity contribution in [2.24, 2.45) is 0 Å². The van der Waals surface area contributed by atoms with Crippen molar-refractivity contribution in [2.45, 2.75) is 25.4 Å². The average Bonchev–Trinajstić information content (AvgIpc) is 3.35. The molecule has 0 radical (unpaired) electrons. The Morgan fingerprint density at radius 3 is 2.76 bits per heavy atom. The van der Waals surface area contributed by atoms with E-state index in [0.29, 0.717) is 25.6 Å². The van der Waals surface area contributed by atoms with Crippen molar-refractivity contribution in [1.29, 1.82) is 0 Å². The highest BCUT2D eigenvalue weighted by Crippen LogP contribution is 2.30. The van der Waals surface area contributed by atoms with E-state index in [1.54, 1.807) is 7.11 Å². The zero-order chi connectivity index (χ0) is 20.1. The second-order valence-corrected chi connectivity index (χ2v) is 7.77. The van der Waals surface area contributed by atoms with Gasteiger partial charge in [0, 0.05) is 43.8 Å². The summed E-state index contributed by atoms with van der Waals surface area (Å²) in [6, 6.07) is 19.2. The molecule has 1 N–H and O–H groups in total. The fraction of sp³-hybridized carbons (Fsp3) is 0.375. The molecule has 152 valence electrons. The molecule has 4 rings (SSSR count). The van der Waals surface area contributed by atoms with Crippen LogP contribution in [0.2, 0.25) is 0 Å². The van der Waals surface area contributed by atoms with Crippen LogP contribution in [0.3, 0.4) is 0 Å². The summed E-state index contributed by atoms with van der Waals surface area (Å²) in [5, 5.41) is 4.14. The predicted octanol–water partition coefficient (Wildman–Crippen LogP) is 3.39. The lowest BCUT2D eigenvalue weighted by atomic mass is 9.99. The molecule has 3 aromatic rings. The van der Waals surface area contributed by atoms with Gasteiger partial charge in [-0.1, -0.05) is 48.5 Å². The SMILES string of the molecule is COCCNC(=O)Cn1cc(CN2CC[C@H](c3ccccc3)C2)c2ccccc21. The largest absolute Gasteiger partial charge is 0.383 e. The maximum atomic E-state index is 12.3. The molecule has 1 saturated heterocycles. The number of hydrogen-bond donors (Lipinski definition) is 1. The number of benzene rings is 2. The van der Waals surface area contributed by atoms with Crippen molar-refractivity contribution in [3.05, 3.63) is 71.9 Å². The molecule has 1 aliphatic heterocycles. The van der Waals surface area contributed by atoms with Crippen LogP contribution in [0.25, 0.3) is 10.9 Å². The summed E-state index contributed by atoms with van der Waals surface area (Å²) in [5.74, 6) is 0.621. The number of rotatable bonds is 8. The minimum atomic E-state index is 0.0136. The molecular formula is C24H29N3O2. The van der Waals surface area contributed by atoms with Crippen molar-refractivity contribution in [3.63, 3.8) is 0 Å². The highest BCUT2D eigenvalue weighted by molar-refractivity contribution is 5.86. The number of ether oxygens (including phenoxy) is 1. The van der Waals surface area contributed by atoms with Gasteiger partial charge in [0.1, 0.15) is 6.54 Å². The number of nitrogens with one attached hydrogen (secondary N) is 1. The van der Waals surface area contributed by atoms with Crippen LogP contribution in [0, 0.1) is 0 Å². The van der Waals surface area contributed by atoms with Crippen molar-refractivity contribution >= 4 is 16.8 Å². The van der Waals surface area contributed by atoms with Crippen molar-refractivity contribution in [3.8, 4) is 0 Å². The van der Waals surface area contributed by atoms with Gasteiger partial charge in [0.15, 0.2) is 0 Å². The topological polar surface area (TPSA) is 46.5 Å². The predicted molar refractivity (Wildman–Crippen MR) is 116 cm³/mol. The molecule has 5 heteroatoms. The van der Waals surface area contributed by atoms with E-state index in [4.69, 9.17) is 4.74 Å². The number of carbonyl (C=O) groups excluding carboxylic acids is 1. The van der Waals surface area contributed by atoms with Gasteiger partial charge in [-0.15, -0.1) is 0 Å². The fourth-order valence-corrected chi connectivity index (χ4v) is 4.30. The molecule has 2 heterocycles. The molecule has 0 saturated carbocycles. The average molecular weight is 392 g/mol. The van der Waals surface area contributed by atoms with Gasteiger partial charge in [0.25, 0.3) is 0 Å². The van der Waals surface area contributed by atoms with Crippen molar-refractivity contribution in [1.82, 2.24) is 14.8 Å². The van der Waals surface area contributed by atoms with Gasteiger partial charge >= 0.3 is 0 Å². The first kappa shape index (κ1) is 19.7. The quantitative estimate of drug-likeness (QED) is 0.599. The third-order valence-electron chi connectivity index (χ3n) is 5.75.